The second-order valence-corrected chi connectivity index (χ2v) is 5.03. The van der Waals surface area contributed by atoms with Gasteiger partial charge in [0.25, 0.3) is 0 Å². The molecule has 1 saturated heterocycles. The zero-order valence-corrected chi connectivity index (χ0v) is 12.1. The van der Waals surface area contributed by atoms with E-state index in [4.69, 9.17) is 19.3 Å². The lowest BCUT2D eigenvalue weighted by molar-refractivity contribution is -0.279. The van der Waals surface area contributed by atoms with Crippen LogP contribution in [0.1, 0.15) is 12.5 Å². The van der Waals surface area contributed by atoms with E-state index in [1.165, 1.54) is 0 Å². The van der Waals surface area contributed by atoms with Crippen molar-refractivity contribution in [2.24, 2.45) is 0 Å². The van der Waals surface area contributed by atoms with E-state index < -0.39 is 43.3 Å². The van der Waals surface area contributed by atoms with Crippen LogP contribution in [0.25, 0.3) is 0 Å². The molecule has 1 aliphatic heterocycles. The maximum Gasteiger partial charge on any atom is 0.303 e. The van der Waals surface area contributed by atoms with Gasteiger partial charge in [-0.1, -0.05) is 30.3 Å². The number of carbonyl (C=O) groups excluding carboxylic acids is 1. The summed E-state index contributed by atoms with van der Waals surface area (Å²) < 4.78 is 29.2. The molecule has 1 fully saturated rings. The molecule has 122 valence electrons. The number of aliphatic hydroxyl groups excluding tert-OH is 2. The summed E-state index contributed by atoms with van der Waals surface area (Å²) >= 11 is 0. The maximum atomic E-state index is 14.0. The SMILES string of the molecule is CC(=O)OC1C(OCc2ccccc2)[C@H](O)C(CO)O[C@@H]1F. The molecule has 0 aromatic heterocycles. The number of benzene rings is 1. The summed E-state index contributed by atoms with van der Waals surface area (Å²) in [5.74, 6) is -0.709. The number of esters is 1. The molecule has 0 bridgehead atoms. The Morgan fingerprint density at radius 1 is 1.32 bits per heavy atom. The molecule has 5 atom stereocenters. The Bertz CT molecular complexity index is 482. The van der Waals surface area contributed by atoms with Gasteiger partial charge in [0.05, 0.1) is 13.2 Å². The van der Waals surface area contributed by atoms with Crippen LogP contribution in [-0.4, -0.2) is 53.6 Å². The van der Waals surface area contributed by atoms with Crippen LogP contribution in [0.5, 0.6) is 0 Å². The van der Waals surface area contributed by atoms with Crippen LogP contribution in [0.3, 0.4) is 0 Å². The number of carbonyl (C=O) groups is 1. The molecule has 7 heteroatoms. The molecule has 22 heavy (non-hydrogen) atoms. The van der Waals surface area contributed by atoms with Gasteiger partial charge in [0.2, 0.25) is 6.36 Å². The highest BCUT2D eigenvalue weighted by molar-refractivity contribution is 5.66. The Morgan fingerprint density at radius 2 is 2.00 bits per heavy atom. The normalized spacial score (nSPS) is 31.7. The molecule has 0 spiro atoms. The number of alkyl halides is 1. The van der Waals surface area contributed by atoms with Crippen LogP contribution < -0.4 is 0 Å². The zero-order chi connectivity index (χ0) is 16.1. The lowest BCUT2D eigenvalue weighted by Crippen LogP contribution is -2.59. The van der Waals surface area contributed by atoms with Crippen LogP contribution in [0.15, 0.2) is 30.3 Å². The molecule has 1 aromatic carbocycles. The topological polar surface area (TPSA) is 85.2 Å². The van der Waals surface area contributed by atoms with Gasteiger partial charge < -0.3 is 24.4 Å². The van der Waals surface area contributed by atoms with Crippen LogP contribution in [-0.2, 0) is 25.6 Å². The molecule has 1 heterocycles. The van der Waals surface area contributed by atoms with E-state index in [1.807, 2.05) is 30.3 Å². The summed E-state index contributed by atoms with van der Waals surface area (Å²) in [6, 6.07) is 9.09. The number of aliphatic hydroxyl groups is 2. The fourth-order valence-electron chi connectivity index (χ4n) is 2.30. The molecule has 0 aliphatic carbocycles. The third-order valence-corrected chi connectivity index (χ3v) is 3.37. The largest absolute Gasteiger partial charge is 0.454 e. The third-order valence-electron chi connectivity index (χ3n) is 3.37. The van der Waals surface area contributed by atoms with Gasteiger partial charge in [0, 0.05) is 6.92 Å². The molecule has 2 N–H and O–H groups in total. The van der Waals surface area contributed by atoms with E-state index in [0.717, 1.165) is 12.5 Å². The Kier molecular flexibility index (Phi) is 5.84. The lowest BCUT2D eigenvalue weighted by atomic mass is 9.99. The van der Waals surface area contributed by atoms with Crippen molar-refractivity contribution >= 4 is 5.97 Å². The first-order chi connectivity index (χ1) is 10.5. The molecule has 6 nitrogen and oxygen atoms in total. The third kappa shape index (κ3) is 4.01. The van der Waals surface area contributed by atoms with Crippen molar-refractivity contribution in [1.29, 1.82) is 0 Å². The average Bonchev–Trinajstić information content (AvgIpc) is 2.50. The first-order valence-electron chi connectivity index (χ1n) is 6.94. The van der Waals surface area contributed by atoms with Crippen LogP contribution in [0, 0.1) is 0 Å². The predicted octanol–water partition coefficient (Wildman–Crippen LogP) is 0.551. The van der Waals surface area contributed by atoms with Gasteiger partial charge >= 0.3 is 5.97 Å². The highest BCUT2D eigenvalue weighted by Gasteiger charge is 2.48. The minimum absolute atomic E-state index is 0.102. The van der Waals surface area contributed by atoms with Crippen LogP contribution in [0.2, 0.25) is 0 Å². The van der Waals surface area contributed by atoms with E-state index in [0.29, 0.717) is 0 Å². The molecule has 2 rings (SSSR count). The fourth-order valence-corrected chi connectivity index (χ4v) is 2.30. The minimum Gasteiger partial charge on any atom is -0.454 e. The number of ether oxygens (including phenoxy) is 3. The zero-order valence-electron chi connectivity index (χ0n) is 12.1. The van der Waals surface area contributed by atoms with E-state index in [-0.39, 0.29) is 6.61 Å². The molecule has 0 saturated carbocycles. The summed E-state index contributed by atoms with van der Waals surface area (Å²) in [7, 11) is 0. The Balaban J connectivity index is 2.10. The van der Waals surface area contributed by atoms with Crippen molar-refractivity contribution in [3.05, 3.63) is 35.9 Å². The van der Waals surface area contributed by atoms with Crippen molar-refractivity contribution in [1.82, 2.24) is 0 Å². The van der Waals surface area contributed by atoms with Gasteiger partial charge in [0.15, 0.2) is 6.10 Å². The van der Waals surface area contributed by atoms with Gasteiger partial charge in [-0.15, -0.1) is 0 Å². The minimum atomic E-state index is -1.98. The number of halogens is 1. The van der Waals surface area contributed by atoms with Gasteiger partial charge in [-0.05, 0) is 5.56 Å². The fraction of sp³-hybridized carbons (Fsp3) is 0.533. The summed E-state index contributed by atoms with van der Waals surface area (Å²) in [5.41, 5.74) is 0.818. The highest BCUT2D eigenvalue weighted by Crippen LogP contribution is 2.27. The van der Waals surface area contributed by atoms with Crippen molar-refractivity contribution in [3.8, 4) is 0 Å². The van der Waals surface area contributed by atoms with Gasteiger partial charge in [-0.3, -0.25) is 4.79 Å². The van der Waals surface area contributed by atoms with Crippen LogP contribution >= 0.6 is 0 Å². The van der Waals surface area contributed by atoms with E-state index >= 15 is 0 Å². The first kappa shape index (κ1) is 16.8. The van der Waals surface area contributed by atoms with E-state index in [9.17, 15) is 14.3 Å². The second-order valence-electron chi connectivity index (χ2n) is 5.03. The summed E-state index contributed by atoms with van der Waals surface area (Å²) in [5, 5.41) is 19.3. The quantitative estimate of drug-likeness (QED) is 0.772. The average molecular weight is 314 g/mol. The molecule has 3 unspecified atom stereocenters. The number of rotatable bonds is 5. The van der Waals surface area contributed by atoms with E-state index in [2.05, 4.69) is 0 Å². The number of hydrogen-bond acceptors (Lipinski definition) is 6. The summed E-state index contributed by atoms with van der Waals surface area (Å²) in [6.45, 7) is 0.663. The Morgan fingerprint density at radius 3 is 2.59 bits per heavy atom. The molecular formula is C15H19FO6. The summed E-state index contributed by atoms with van der Waals surface area (Å²) in [4.78, 5) is 11.1. The van der Waals surface area contributed by atoms with Gasteiger partial charge in [0.1, 0.15) is 18.3 Å². The monoisotopic (exact) mass is 314 g/mol. The van der Waals surface area contributed by atoms with Crippen molar-refractivity contribution in [3.63, 3.8) is 0 Å². The second kappa shape index (κ2) is 7.64. The maximum absolute atomic E-state index is 14.0. The predicted molar refractivity (Wildman–Crippen MR) is 73.4 cm³/mol. The summed E-state index contributed by atoms with van der Waals surface area (Å²) in [6.07, 6.45) is -6.96. The van der Waals surface area contributed by atoms with E-state index in [1.54, 1.807) is 0 Å². The molecular weight excluding hydrogens is 295 g/mol. The smallest absolute Gasteiger partial charge is 0.303 e. The van der Waals surface area contributed by atoms with Crippen molar-refractivity contribution in [2.75, 3.05) is 6.61 Å². The lowest BCUT2D eigenvalue weighted by Gasteiger charge is -2.40. The molecule has 0 amide bonds. The van der Waals surface area contributed by atoms with Crippen molar-refractivity contribution in [2.45, 2.75) is 44.3 Å². The van der Waals surface area contributed by atoms with Crippen molar-refractivity contribution < 1.29 is 33.6 Å². The van der Waals surface area contributed by atoms with Gasteiger partial charge in [-0.25, -0.2) is 4.39 Å². The molecule has 1 aliphatic rings. The molecule has 0 radical (unpaired) electrons. The first-order valence-corrected chi connectivity index (χ1v) is 6.94. The molecule has 1 aromatic rings. The standard InChI is InChI=1S/C15H19FO6/c1-9(18)21-14-13(12(19)11(7-17)22-15(14)16)20-8-10-5-3-2-4-6-10/h2-6,11-15,17,19H,7-8H2,1H3/t11?,12-,13?,14?,15+/m1/s1. The Hall–Kier alpha value is -1.54. The van der Waals surface area contributed by atoms with Gasteiger partial charge in [-0.2, -0.15) is 0 Å². The highest BCUT2D eigenvalue weighted by atomic mass is 19.1. The Labute approximate surface area is 127 Å². The number of hydrogen-bond donors (Lipinski definition) is 2. The van der Waals surface area contributed by atoms with Crippen LogP contribution in [0.4, 0.5) is 4.39 Å².